The van der Waals surface area contributed by atoms with E-state index in [1.807, 2.05) is 7.05 Å². The van der Waals surface area contributed by atoms with Gasteiger partial charge in [-0.1, -0.05) is 12.1 Å². The summed E-state index contributed by atoms with van der Waals surface area (Å²) in [4.78, 5) is 8.24. The first-order valence-corrected chi connectivity index (χ1v) is 6.40. The zero-order valence-corrected chi connectivity index (χ0v) is 11.6. The number of aromatic nitrogens is 3. The molecule has 21 heavy (non-hydrogen) atoms. The van der Waals surface area contributed by atoms with Gasteiger partial charge in [0.05, 0.1) is 22.3 Å². The molecule has 108 valence electrons. The molecule has 0 N–H and O–H groups in total. The molecule has 0 amide bonds. The maximum atomic E-state index is 12.6. The average Bonchev–Trinajstić information content (AvgIpc) is 2.78. The quantitative estimate of drug-likeness (QED) is 0.627. The molecule has 2 aromatic heterocycles. The maximum Gasteiger partial charge on any atom is 0.416 e. The summed E-state index contributed by atoms with van der Waals surface area (Å²) < 4.78 is 39.6. The molecule has 0 aliphatic rings. The van der Waals surface area contributed by atoms with E-state index in [0.717, 1.165) is 17.6 Å². The molecule has 0 radical (unpaired) electrons. The largest absolute Gasteiger partial charge is 0.416 e. The lowest BCUT2D eigenvalue weighted by Gasteiger charge is -2.09. The smallest absolute Gasteiger partial charge is 0.347 e. The van der Waals surface area contributed by atoms with Gasteiger partial charge >= 0.3 is 6.18 Å². The van der Waals surface area contributed by atoms with Gasteiger partial charge in [0, 0.05) is 18.8 Å². The molecule has 1 aromatic carbocycles. The third-order valence-corrected chi connectivity index (χ3v) is 3.35. The van der Waals surface area contributed by atoms with Crippen LogP contribution in [-0.4, -0.2) is 14.5 Å². The summed E-state index contributed by atoms with van der Waals surface area (Å²) in [5, 5.41) is 0.0589. The van der Waals surface area contributed by atoms with E-state index in [1.54, 1.807) is 16.8 Å². The molecule has 0 bridgehead atoms. The molecule has 0 saturated carbocycles. The Morgan fingerprint density at radius 2 is 1.71 bits per heavy atom. The molecule has 0 atom stereocenters. The number of hydrogen-bond donors (Lipinski definition) is 0. The number of halogens is 4. The SMILES string of the molecule is Cn1ccc2nc(Cl)nc(-c3ccc(C(F)(F)F)cc3)c21. The van der Waals surface area contributed by atoms with E-state index in [-0.39, 0.29) is 5.28 Å². The molecule has 0 aliphatic carbocycles. The highest BCUT2D eigenvalue weighted by Crippen LogP contribution is 2.32. The van der Waals surface area contributed by atoms with Crippen LogP contribution in [0.2, 0.25) is 5.28 Å². The second-order valence-electron chi connectivity index (χ2n) is 4.58. The highest BCUT2D eigenvalue weighted by Gasteiger charge is 2.30. The van der Waals surface area contributed by atoms with Crippen LogP contribution in [-0.2, 0) is 13.2 Å². The van der Waals surface area contributed by atoms with Gasteiger partial charge in [-0.3, -0.25) is 0 Å². The lowest BCUT2D eigenvalue weighted by atomic mass is 10.1. The van der Waals surface area contributed by atoms with Crippen molar-refractivity contribution in [2.45, 2.75) is 6.18 Å². The molecule has 2 heterocycles. The molecule has 3 aromatic rings. The number of nitrogens with zero attached hydrogens (tertiary/aromatic N) is 3. The van der Waals surface area contributed by atoms with E-state index >= 15 is 0 Å². The van der Waals surface area contributed by atoms with Crippen molar-refractivity contribution < 1.29 is 13.2 Å². The lowest BCUT2D eigenvalue weighted by molar-refractivity contribution is -0.137. The molecule has 3 nitrogen and oxygen atoms in total. The normalized spacial score (nSPS) is 12.0. The first-order chi connectivity index (χ1) is 9.86. The molecular formula is C14H9ClF3N3. The van der Waals surface area contributed by atoms with Crippen LogP contribution in [0.4, 0.5) is 13.2 Å². The van der Waals surface area contributed by atoms with Gasteiger partial charge < -0.3 is 4.57 Å². The molecule has 0 aliphatic heterocycles. The molecule has 0 spiro atoms. The standard InChI is InChI=1S/C14H9ClF3N3/c1-21-7-6-10-12(21)11(20-13(15)19-10)8-2-4-9(5-3-8)14(16,17)18/h2-7H,1H3. The fraction of sp³-hybridized carbons (Fsp3) is 0.143. The monoisotopic (exact) mass is 311 g/mol. The molecule has 7 heteroatoms. The molecule has 0 fully saturated rings. The van der Waals surface area contributed by atoms with Crippen molar-refractivity contribution in [2.75, 3.05) is 0 Å². The van der Waals surface area contributed by atoms with Crippen LogP contribution in [0.15, 0.2) is 36.5 Å². The highest BCUT2D eigenvalue weighted by atomic mass is 35.5. The predicted octanol–water partition coefficient (Wildman–Crippen LogP) is 4.31. The minimum absolute atomic E-state index is 0.0589. The minimum atomic E-state index is -4.36. The van der Waals surface area contributed by atoms with Gasteiger partial charge in [-0.05, 0) is 29.8 Å². The predicted molar refractivity (Wildman–Crippen MR) is 74.0 cm³/mol. The minimum Gasteiger partial charge on any atom is -0.347 e. The van der Waals surface area contributed by atoms with Crippen LogP contribution >= 0.6 is 11.6 Å². The fourth-order valence-corrected chi connectivity index (χ4v) is 2.36. The van der Waals surface area contributed by atoms with Crippen LogP contribution in [0.1, 0.15) is 5.56 Å². The molecular weight excluding hydrogens is 303 g/mol. The summed E-state index contributed by atoms with van der Waals surface area (Å²) in [5.74, 6) is 0. The first kappa shape index (κ1) is 13.9. The Morgan fingerprint density at radius 1 is 1.05 bits per heavy atom. The fourth-order valence-electron chi connectivity index (χ4n) is 2.18. The van der Waals surface area contributed by atoms with E-state index in [0.29, 0.717) is 16.8 Å². The van der Waals surface area contributed by atoms with E-state index < -0.39 is 11.7 Å². The average molecular weight is 312 g/mol. The summed E-state index contributed by atoms with van der Waals surface area (Å²) in [6, 6.07) is 6.60. The summed E-state index contributed by atoms with van der Waals surface area (Å²) in [7, 11) is 1.81. The van der Waals surface area contributed by atoms with Crippen molar-refractivity contribution in [3.8, 4) is 11.3 Å². The van der Waals surface area contributed by atoms with Gasteiger partial charge in [0.25, 0.3) is 0 Å². The van der Waals surface area contributed by atoms with E-state index in [9.17, 15) is 13.2 Å². The maximum absolute atomic E-state index is 12.6. The second-order valence-corrected chi connectivity index (χ2v) is 4.91. The van der Waals surface area contributed by atoms with Crippen LogP contribution in [0, 0.1) is 0 Å². The van der Waals surface area contributed by atoms with E-state index in [2.05, 4.69) is 9.97 Å². The number of rotatable bonds is 1. The van der Waals surface area contributed by atoms with Crippen molar-refractivity contribution in [2.24, 2.45) is 7.05 Å². The van der Waals surface area contributed by atoms with Gasteiger partial charge in [0.1, 0.15) is 0 Å². The van der Waals surface area contributed by atoms with Gasteiger partial charge in [-0.15, -0.1) is 0 Å². The van der Waals surface area contributed by atoms with Gasteiger partial charge in [0.2, 0.25) is 5.28 Å². The number of hydrogen-bond acceptors (Lipinski definition) is 2. The number of fused-ring (bicyclic) bond motifs is 1. The van der Waals surface area contributed by atoms with Gasteiger partial charge in [0.15, 0.2) is 0 Å². The summed E-state index contributed by atoms with van der Waals surface area (Å²) in [6.07, 6.45) is -2.56. The van der Waals surface area contributed by atoms with Crippen LogP contribution in [0.3, 0.4) is 0 Å². The number of benzene rings is 1. The number of alkyl halides is 3. The Kier molecular flexibility index (Phi) is 3.13. The van der Waals surface area contributed by atoms with Crippen molar-refractivity contribution in [1.29, 1.82) is 0 Å². The number of aryl methyl sites for hydroxylation is 1. The third-order valence-electron chi connectivity index (χ3n) is 3.18. The van der Waals surface area contributed by atoms with E-state index in [1.165, 1.54) is 12.1 Å². The molecule has 3 rings (SSSR count). The van der Waals surface area contributed by atoms with Crippen LogP contribution in [0.5, 0.6) is 0 Å². The Bertz CT molecular complexity index is 807. The van der Waals surface area contributed by atoms with Crippen LogP contribution in [0.25, 0.3) is 22.3 Å². The van der Waals surface area contributed by atoms with E-state index in [4.69, 9.17) is 11.6 Å². The Morgan fingerprint density at radius 3 is 2.33 bits per heavy atom. The highest BCUT2D eigenvalue weighted by molar-refractivity contribution is 6.28. The third kappa shape index (κ3) is 2.47. The van der Waals surface area contributed by atoms with Gasteiger partial charge in [-0.25, -0.2) is 9.97 Å². The second kappa shape index (κ2) is 4.73. The lowest BCUT2D eigenvalue weighted by Crippen LogP contribution is -2.04. The Hall–Kier alpha value is -2.08. The zero-order valence-electron chi connectivity index (χ0n) is 10.8. The van der Waals surface area contributed by atoms with Gasteiger partial charge in [-0.2, -0.15) is 13.2 Å². The summed E-state index contributed by atoms with van der Waals surface area (Å²) in [5.41, 5.74) is 1.73. The zero-order chi connectivity index (χ0) is 15.2. The van der Waals surface area contributed by atoms with Crippen LogP contribution < -0.4 is 0 Å². The van der Waals surface area contributed by atoms with Crippen molar-refractivity contribution in [3.63, 3.8) is 0 Å². The van der Waals surface area contributed by atoms with Crippen molar-refractivity contribution >= 4 is 22.6 Å². The molecule has 0 saturated heterocycles. The molecule has 0 unspecified atom stereocenters. The van der Waals surface area contributed by atoms with Crippen molar-refractivity contribution in [3.05, 3.63) is 47.4 Å². The first-order valence-electron chi connectivity index (χ1n) is 6.02. The Labute approximate surface area is 123 Å². The Balaban J connectivity index is 2.18. The van der Waals surface area contributed by atoms with Crippen molar-refractivity contribution in [1.82, 2.24) is 14.5 Å². The topological polar surface area (TPSA) is 30.7 Å². The summed E-state index contributed by atoms with van der Waals surface area (Å²) in [6.45, 7) is 0. The summed E-state index contributed by atoms with van der Waals surface area (Å²) >= 11 is 5.88.